The normalized spacial score (nSPS) is 10.8. The van der Waals surface area contributed by atoms with Crippen LogP contribution in [0.2, 0.25) is 0 Å². The van der Waals surface area contributed by atoms with Gasteiger partial charge in [-0.05, 0) is 50.7 Å². The van der Waals surface area contributed by atoms with E-state index in [2.05, 4.69) is 16.0 Å². The molecule has 1 aromatic carbocycles. The van der Waals surface area contributed by atoms with E-state index < -0.39 is 0 Å². The first kappa shape index (κ1) is 16.4. The van der Waals surface area contributed by atoms with E-state index in [1.54, 1.807) is 12.1 Å². The minimum atomic E-state index is -0.270. The summed E-state index contributed by atoms with van der Waals surface area (Å²) in [4.78, 5) is 11.6. The number of nitrogens with one attached hydrogen (secondary N) is 3. The summed E-state index contributed by atoms with van der Waals surface area (Å²) in [6, 6.07) is 6.14. The van der Waals surface area contributed by atoms with Gasteiger partial charge >= 0.3 is 0 Å². The Bertz CT molecular complexity index is 468. The predicted octanol–water partition coefficient (Wildman–Crippen LogP) is 1.70. The molecule has 0 aromatic heterocycles. The molecule has 0 aliphatic rings. The lowest BCUT2D eigenvalue weighted by Gasteiger charge is -2.21. The van der Waals surface area contributed by atoms with Gasteiger partial charge < -0.3 is 16.0 Å². The maximum Gasteiger partial charge on any atom is 0.239 e. The molecule has 0 saturated heterocycles. The first-order valence-corrected chi connectivity index (χ1v) is 6.74. The Hall–Kier alpha value is -1.69. The molecule has 3 N–H and O–H groups in total. The van der Waals surface area contributed by atoms with Gasteiger partial charge in [0.25, 0.3) is 0 Å². The molecule has 0 radical (unpaired) electrons. The van der Waals surface area contributed by atoms with Crippen molar-refractivity contribution in [3.8, 4) is 0 Å². The molecule has 0 unspecified atom stereocenters. The maximum atomic E-state index is 12.7. The molecular weight excluding hydrogens is 277 g/mol. The van der Waals surface area contributed by atoms with Crippen LogP contribution >= 0.6 is 12.2 Å². The minimum absolute atomic E-state index is 0.118. The molecule has 0 bridgehead atoms. The Balaban J connectivity index is 2.27. The topological polar surface area (TPSA) is 53.2 Å². The number of carbonyl (C=O) groups is 1. The van der Waals surface area contributed by atoms with Crippen LogP contribution in [0.1, 0.15) is 26.3 Å². The van der Waals surface area contributed by atoms with E-state index in [1.165, 1.54) is 12.1 Å². The lowest BCUT2D eigenvalue weighted by atomic mass is 10.1. The summed E-state index contributed by atoms with van der Waals surface area (Å²) < 4.78 is 12.7. The predicted molar refractivity (Wildman–Crippen MR) is 81.7 cm³/mol. The standard InChI is InChI=1S/C14H20FN3OS/c1-14(2,3)18-12(19)9-17-13(20)16-8-10-4-6-11(15)7-5-10/h4-7H,8-9H2,1-3H3,(H,18,19)(H2,16,17,20). The molecule has 4 nitrogen and oxygen atoms in total. The molecule has 0 spiro atoms. The molecule has 0 saturated carbocycles. The number of hydrogen-bond acceptors (Lipinski definition) is 2. The molecule has 20 heavy (non-hydrogen) atoms. The number of rotatable bonds is 4. The first-order chi connectivity index (χ1) is 9.26. The van der Waals surface area contributed by atoms with E-state index in [4.69, 9.17) is 12.2 Å². The molecule has 0 heterocycles. The Morgan fingerprint density at radius 3 is 2.35 bits per heavy atom. The number of halogens is 1. The number of amides is 1. The van der Waals surface area contributed by atoms with Crippen LogP contribution in [-0.2, 0) is 11.3 Å². The van der Waals surface area contributed by atoms with Gasteiger partial charge in [0.2, 0.25) is 5.91 Å². The molecule has 1 rings (SSSR count). The quantitative estimate of drug-likeness (QED) is 0.741. The van der Waals surface area contributed by atoms with Gasteiger partial charge in [0.05, 0.1) is 6.54 Å². The third-order valence-electron chi connectivity index (χ3n) is 2.29. The fourth-order valence-corrected chi connectivity index (χ4v) is 1.61. The van der Waals surface area contributed by atoms with E-state index in [-0.39, 0.29) is 23.8 Å². The van der Waals surface area contributed by atoms with Crippen molar-refractivity contribution in [3.63, 3.8) is 0 Å². The fourth-order valence-electron chi connectivity index (χ4n) is 1.47. The third kappa shape index (κ3) is 7.04. The van der Waals surface area contributed by atoms with Crippen LogP contribution in [0.3, 0.4) is 0 Å². The van der Waals surface area contributed by atoms with Crippen molar-refractivity contribution < 1.29 is 9.18 Å². The highest BCUT2D eigenvalue weighted by Gasteiger charge is 2.13. The second-order valence-electron chi connectivity index (χ2n) is 5.46. The van der Waals surface area contributed by atoms with E-state index in [0.29, 0.717) is 11.7 Å². The van der Waals surface area contributed by atoms with Crippen LogP contribution in [0.5, 0.6) is 0 Å². The van der Waals surface area contributed by atoms with Crippen LogP contribution in [-0.4, -0.2) is 23.1 Å². The summed E-state index contributed by atoms with van der Waals surface area (Å²) in [5.74, 6) is -0.392. The molecule has 6 heteroatoms. The van der Waals surface area contributed by atoms with Crippen LogP contribution in [0.25, 0.3) is 0 Å². The van der Waals surface area contributed by atoms with Crippen molar-refractivity contribution in [2.45, 2.75) is 32.9 Å². The molecular formula is C14H20FN3OS. The van der Waals surface area contributed by atoms with Gasteiger partial charge in [0.15, 0.2) is 5.11 Å². The zero-order valence-electron chi connectivity index (χ0n) is 11.9. The van der Waals surface area contributed by atoms with E-state index >= 15 is 0 Å². The summed E-state index contributed by atoms with van der Waals surface area (Å²) >= 11 is 5.06. The summed E-state index contributed by atoms with van der Waals surface area (Å²) in [5.41, 5.74) is 0.650. The maximum absolute atomic E-state index is 12.7. The third-order valence-corrected chi connectivity index (χ3v) is 2.58. The van der Waals surface area contributed by atoms with Gasteiger partial charge in [-0.2, -0.15) is 0 Å². The van der Waals surface area contributed by atoms with E-state index in [1.807, 2.05) is 20.8 Å². The van der Waals surface area contributed by atoms with E-state index in [0.717, 1.165) is 5.56 Å². The monoisotopic (exact) mass is 297 g/mol. The smallest absolute Gasteiger partial charge is 0.239 e. The Labute approximate surface area is 124 Å². The highest BCUT2D eigenvalue weighted by atomic mass is 32.1. The van der Waals surface area contributed by atoms with Crippen molar-refractivity contribution in [3.05, 3.63) is 35.6 Å². The lowest BCUT2D eigenvalue weighted by molar-refractivity contribution is -0.121. The second-order valence-corrected chi connectivity index (χ2v) is 5.87. The van der Waals surface area contributed by atoms with Crippen LogP contribution in [0.4, 0.5) is 4.39 Å². The Morgan fingerprint density at radius 2 is 1.80 bits per heavy atom. The molecule has 0 aliphatic carbocycles. The van der Waals surface area contributed by atoms with Crippen molar-refractivity contribution in [1.82, 2.24) is 16.0 Å². The lowest BCUT2D eigenvalue weighted by Crippen LogP contribution is -2.47. The largest absolute Gasteiger partial charge is 0.359 e. The number of thiocarbonyl (C=S) groups is 1. The fraction of sp³-hybridized carbons (Fsp3) is 0.429. The van der Waals surface area contributed by atoms with Gasteiger partial charge in [-0.25, -0.2) is 4.39 Å². The second kappa shape index (κ2) is 7.19. The van der Waals surface area contributed by atoms with Crippen molar-refractivity contribution in [1.29, 1.82) is 0 Å². The van der Waals surface area contributed by atoms with Crippen molar-refractivity contribution in [2.75, 3.05) is 6.54 Å². The van der Waals surface area contributed by atoms with Gasteiger partial charge in [0, 0.05) is 12.1 Å². The average Bonchev–Trinajstić information content (AvgIpc) is 2.33. The molecule has 1 aromatic rings. The van der Waals surface area contributed by atoms with Crippen molar-refractivity contribution >= 4 is 23.2 Å². The number of benzene rings is 1. The SMILES string of the molecule is CC(C)(C)NC(=O)CNC(=S)NCc1ccc(F)cc1. The van der Waals surface area contributed by atoms with Crippen molar-refractivity contribution in [2.24, 2.45) is 0 Å². The highest BCUT2D eigenvalue weighted by Crippen LogP contribution is 2.01. The zero-order chi connectivity index (χ0) is 15.2. The summed E-state index contributed by atoms with van der Waals surface area (Å²) in [6.45, 7) is 6.33. The van der Waals surface area contributed by atoms with Gasteiger partial charge in [-0.15, -0.1) is 0 Å². The molecule has 110 valence electrons. The summed E-state index contributed by atoms with van der Waals surface area (Å²) in [7, 11) is 0. The Kier molecular flexibility index (Phi) is 5.88. The number of hydrogen-bond donors (Lipinski definition) is 3. The highest BCUT2D eigenvalue weighted by molar-refractivity contribution is 7.80. The molecule has 0 aliphatic heterocycles. The van der Waals surface area contributed by atoms with Crippen LogP contribution < -0.4 is 16.0 Å². The van der Waals surface area contributed by atoms with Gasteiger partial charge in [-0.1, -0.05) is 12.1 Å². The summed E-state index contributed by atoms with van der Waals surface area (Å²) in [5, 5.41) is 8.99. The van der Waals surface area contributed by atoms with Gasteiger partial charge in [-0.3, -0.25) is 4.79 Å². The van der Waals surface area contributed by atoms with Crippen LogP contribution in [0.15, 0.2) is 24.3 Å². The Morgan fingerprint density at radius 1 is 1.20 bits per heavy atom. The minimum Gasteiger partial charge on any atom is -0.359 e. The number of carbonyl (C=O) groups excluding carboxylic acids is 1. The molecule has 1 amide bonds. The van der Waals surface area contributed by atoms with Crippen LogP contribution in [0, 0.1) is 5.82 Å². The molecule has 0 fully saturated rings. The van der Waals surface area contributed by atoms with Gasteiger partial charge in [0.1, 0.15) is 5.82 Å². The summed E-state index contributed by atoms with van der Waals surface area (Å²) in [6.07, 6.45) is 0. The zero-order valence-corrected chi connectivity index (χ0v) is 12.7. The molecule has 0 atom stereocenters. The average molecular weight is 297 g/mol. The van der Waals surface area contributed by atoms with E-state index in [9.17, 15) is 9.18 Å². The first-order valence-electron chi connectivity index (χ1n) is 6.33.